The summed E-state index contributed by atoms with van der Waals surface area (Å²) < 4.78 is 0. The van der Waals surface area contributed by atoms with Crippen LogP contribution < -0.4 is 5.32 Å². The molecule has 0 aromatic heterocycles. The molecule has 0 spiro atoms. The van der Waals surface area contributed by atoms with E-state index in [0.29, 0.717) is 6.04 Å². The summed E-state index contributed by atoms with van der Waals surface area (Å²) in [4.78, 5) is 12.7. The molecule has 4 aliphatic heterocycles. The van der Waals surface area contributed by atoms with Crippen LogP contribution in [0.4, 0.5) is 0 Å². The van der Waals surface area contributed by atoms with Crippen LogP contribution in [0.5, 0.6) is 0 Å². The number of benzene rings is 1. The summed E-state index contributed by atoms with van der Waals surface area (Å²) >= 11 is 0. The van der Waals surface area contributed by atoms with Crippen molar-refractivity contribution in [3.63, 3.8) is 0 Å². The van der Waals surface area contributed by atoms with E-state index in [9.17, 15) is 0 Å². The predicted octanol–water partition coefficient (Wildman–Crippen LogP) is 2.75. The number of hydrogen-bond donors (Lipinski definition) is 1. The first-order valence-electron chi connectivity index (χ1n) is 10.6. The van der Waals surface area contributed by atoms with Gasteiger partial charge in [0.05, 0.1) is 6.54 Å². The van der Waals surface area contributed by atoms with E-state index in [2.05, 4.69) is 63.3 Å². The molecule has 0 radical (unpaired) electrons. The maximum Gasteiger partial charge on any atom is 0.193 e. The van der Waals surface area contributed by atoms with Crippen LogP contribution in [-0.4, -0.2) is 85.6 Å². The Morgan fingerprint density at radius 2 is 1.79 bits per heavy atom. The van der Waals surface area contributed by atoms with Crippen molar-refractivity contribution >= 4 is 36.0 Å². The number of nitrogens with zero attached hydrogens (tertiary/aromatic N) is 4. The first-order chi connectivity index (χ1) is 13.3. The molecule has 0 saturated carbocycles. The number of fused-ring (bicyclic) bond motifs is 3. The van der Waals surface area contributed by atoms with Crippen LogP contribution in [0, 0.1) is 0 Å². The topological polar surface area (TPSA) is 34.1 Å². The third-order valence-corrected chi connectivity index (χ3v) is 6.05. The van der Waals surface area contributed by atoms with Gasteiger partial charge >= 0.3 is 0 Å². The standard InChI is InChI=1S/C22H33N5.HI/c1-2-23-22(24-17-21-18-25-12-14-26(21)15-13-25)27-10-8-20(9-11-27)16-19-6-4-3-5-7-19;/h3-7,16,21H,2,8-15,17-18H2,1H3,(H,23,24);1H. The Labute approximate surface area is 186 Å². The maximum atomic E-state index is 5.03. The van der Waals surface area contributed by atoms with E-state index >= 15 is 0 Å². The second-order valence-corrected chi connectivity index (χ2v) is 7.89. The number of halogens is 1. The number of nitrogens with one attached hydrogen (secondary N) is 1. The van der Waals surface area contributed by atoms with Crippen molar-refractivity contribution in [2.75, 3.05) is 58.9 Å². The molecule has 1 N–H and O–H groups in total. The number of rotatable bonds is 4. The van der Waals surface area contributed by atoms with Gasteiger partial charge in [0.2, 0.25) is 0 Å². The number of hydrogen-bond acceptors (Lipinski definition) is 3. The fourth-order valence-corrected chi connectivity index (χ4v) is 4.45. The quantitative estimate of drug-likeness (QED) is 0.396. The maximum absolute atomic E-state index is 5.03. The molecule has 1 atom stereocenters. The molecule has 154 valence electrons. The lowest BCUT2D eigenvalue weighted by molar-refractivity contribution is 0.0173. The molecule has 5 rings (SSSR count). The Balaban J connectivity index is 0.00000225. The second-order valence-electron chi connectivity index (χ2n) is 7.89. The monoisotopic (exact) mass is 495 g/mol. The molecule has 5 nitrogen and oxygen atoms in total. The van der Waals surface area contributed by atoms with E-state index in [1.807, 2.05) is 0 Å². The molecule has 4 aliphatic rings. The highest BCUT2D eigenvalue weighted by molar-refractivity contribution is 14.0. The van der Waals surface area contributed by atoms with E-state index in [-0.39, 0.29) is 24.0 Å². The van der Waals surface area contributed by atoms with Gasteiger partial charge in [0.15, 0.2) is 5.96 Å². The van der Waals surface area contributed by atoms with Gasteiger partial charge in [0.1, 0.15) is 0 Å². The molecule has 6 heteroatoms. The fraction of sp³-hybridized carbons (Fsp3) is 0.591. The largest absolute Gasteiger partial charge is 0.357 e. The van der Waals surface area contributed by atoms with Crippen molar-refractivity contribution in [2.24, 2.45) is 4.99 Å². The highest BCUT2D eigenvalue weighted by Gasteiger charge is 2.31. The highest BCUT2D eigenvalue weighted by atomic mass is 127. The molecular formula is C22H34IN5. The van der Waals surface area contributed by atoms with Gasteiger partial charge in [-0.25, -0.2) is 0 Å². The van der Waals surface area contributed by atoms with Crippen LogP contribution in [0.2, 0.25) is 0 Å². The Bertz CT molecular complexity index is 657. The third-order valence-electron chi connectivity index (χ3n) is 6.05. The molecule has 1 aromatic rings. The Morgan fingerprint density at radius 3 is 2.39 bits per heavy atom. The van der Waals surface area contributed by atoms with E-state index in [4.69, 9.17) is 4.99 Å². The lowest BCUT2D eigenvalue weighted by atomic mass is 10.0. The first kappa shape index (κ1) is 21.6. The number of aliphatic imine (C=N–C) groups is 1. The lowest BCUT2D eigenvalue weighted by Gasteiger charge is -2.47. The van der Waals surface area contributed by atoms with Crippen LogP contribution in [0.15, 0.2) is 40.9 Å². The van der Waals surface area contributed by atoms with Crippen molar-refractivity contribution < 1.29 is 0 Å². The number of guanidine groups is 1. The smallest absolute Gasteiger partial charge is 0.193 e. The molecule has 1 unspecified atom stereocenters. The van der Waals surface area contributed by atoms with Gasteiger partial charge in [0, 0.05) is 58.4 Å². The molecule has 0 aliphatic carbocycles. The summed E-state index contributed by atoms with van der Waals surface area (Å²) in [7, 11) is 0. The summed E-state index contributed by atoms with van der Waals surface area (Å²) in [6, 6.07) is 11.3. The van der Waals surface area contributed by atoms with E-state index in [1.54, 1.807) is 5.57 Å². The SMILES string of the molecule is CCNC(=NCC1CN2CCN1CC2)N1CCC(=Cc2ccccc2)CC1.I. The van der Waals surface area contributed by atoms with Crippen LogP contribution in [0.25, 0.3) is 6.08 Å². The molecular weight excluding hydrogens is 461 g/mol. The van der Waals surface area contributed by atoms with Gasteiger partial charge in [-0.05, 0) is 25.3 Å². The van der Waals surface area contributed by atoms with Gasteiger partial charge in [-0.2, -0.15) is 0 Å². The zero-order valence-corrected chi connectivity index (χ0v) is 19.3. The molecule has 4 fully saturated rings. The van der Waals surface area contributed by atoms with E-state index in [0.717, 1.165) is 45.0 Å². The summed E-state index contributed by atoms with van der Waals surface area (Å²) in [5.74, 6) is 1.11. The molecule has 1 aromatic carbocycles. The van der Waals surface area contributed by atoms with Crippen molar-refractivity contribution in [1.82, 2.24) is 20.0 Å². The fourth-order valence-electron chi connectivity index (χ4n) is 4.45. The lowest BCUT2D eigenvalue weighted by Crippen LogP contribution is -2.62. The highest BCUT2D eigenvalue weighted by Crippen LogP contribution is 2.20. The average Bonchev–Trinajstić information content (AvgIpc) is 2.73. The van der Waals surface area contributed by atoms with Gasteiger partial charge in [0.25, 0.3) is 0 Å². The normalized spacial score (nSPS) is 27.3. The predicted molar refractivity (Wildman–Crippen MR) is 128 cm³/mol. The zero-order chi connectivity index (χ0) is 18.5. The minimum atomic E-state index is 0. The average molecular weight is 495 g/mol. The molecule has 0 amide bonds. The van der Waals surface area contributed by atoms with E-state index in [1.165, 1.54) is 38.3 Å². The first-order valence-corrected chi connectivity index (χ1v) is 10.6. The molecule has 28 heavy (non-hydrogen) atoms. The Morgan fingerprint density at radius 1 is 1.07 bits per heavy atom. The van der Waals surface area contributed by atoms with Crippen LogP contribution in [0.1, 0.15) is 25.3 Å². The van der Waals surface area contributed by atoms with Gasteiger partial charge in [-0.1, -0.05) is 42.0 Å². The van der Waals surface area contributed by atoms with Crippen molar-refractivity contribution in [2.45, 2.75) is 25.8 Å². The van der Waals surface area contributed by atoms with Crippen molar-refractivity contribution in [3.8, 4) is 0 Å². The van der Waals surface area contributed by atoms with Gasteiger partial charge in [-0.3, -0.25) is 14.8 Å². The Kier molecular flexibility index (Phi) is 8.17. The van der Waals surface area contributed by atoms with Gasteiger partial charge < -0.3 is 10.2 Å². The molecule has 4 saturated heterocycles. The van der Waals surface area contributed by atoms with Crippen LogP contribution in [-0.2, 0) is 0 Å². The second kappa shape index (κ2) is 10.6. The summed E-state index contributed by atoms with van der Waals surface area (Å²) in [5, 5.41) is 3.52. The number of piperidine rings is 1. The molecule has 4 heterocycles. The minimum Gasteiger partial charge on any atom is -0.357 e. The number of likely N-dealkylation sites (tertiary alicyclic amines) is 1. The van der Waals surface area contributed by atoms with Crippen LogP contribution in [0.3, 0.4) is 0 Å². The number of piperazine rings is 3. The Hall–Kier alpha value is -1.12. The summed E-state index contributed by atoms with van der Waals surface area (Å²) in [5.41, 5.74) is 2.87. The van der Waals surface area contributed by atoms with E-state index < -0.39 is 0 Å². The zero-order valence-electron chi connectivity index (χ0n) is 17.0. The third kappa shape index (κ3) is 5.48. The molecule has 2 bridgehead atoms. The van der Waals surface area contributed by atoms with Gasteiger partial charge in [-0.15, -0.1) is 24.0 Å². The summed E-state index contributed by atoms with van der Waals surface area (Å²) in [6.45, 7) is 12.2. The summed E-state index contributed by atoms with van der Waals surface area (Å²) in [6.07, 6.45) is 4.62. The van der Waals surface area contributed by atoms with Crippen LogP contribution >= 0.6 is 24.0 Å². The minimum absolute atomic E-state index is 0. The van der Waals surface area contributed by atoms with Crippen molar-refractivity contribution in [3.05, 3.63) is 41.5 Å². The van der Waals surface area contributed by atoms with Crippen molar-refractivity contribution in [1.29, 1.82) is 0 Å².